The second-order valence-electron chi connectivity index (χ2n) is 8.04. The number of likely N-dealkylation sites (N-methyl/N-ethyl adjacent to an activating group) is 1. The fourth-order valence-corrected chi connectivity index (χ4v) is 4.19. The topological polar surface area (TPSA) is 75.6 Å². The lowest BCUT2D eigenvalue weighted by molar-refractivity contribution is 0.0716. The highest BCUT2D eigenvalue weighted by Gasteiger charge is 2.32. The van der Waals surface area contributed by atoms with Crippen molar-refractivity contribution < 1.29 is 18.7 Å². The molecule has 3 heterocycles. The minimum atomic E-state index is -0.589. The summed E-state index contributed by atoms with van der Waals surface area (Å²) in [4.78, 5) is 37.3. The van der Waals surface area contributed by atoms with E-state index in [1.54, 1.807) is 53.7 Å². The van der Waals surface area contributed by atoms with E-state index in [-0.39, 0.29) is 17.5 Å². The van der Waals surface area contributed by atoms with Gasteiger partial charge in [-0.25, -0.2) is 19.2 Å². The van der Waals surface area contributed by atoms with Crippen molar-refractivity contribution in [3.8, 4) is 0 Å². The van der Waals surface area contributed by atoms with Gasteiger partial charge < -0.3 is 14.5 Å². The molecule has 166 valence electrons. The predicted molar refractivity (Wildman–Crippen MR) is 121 cm³/mol. The summed E-state index contributed by atoms with van der Waals surface area (Å²) in [6, 6.07) is 13.2. The number of nitrogens with zero attached hydrogens (tertiary/aromatic N) is 4. The van der Waals surface area contributed by atoms with Crippen LogP contribution >= 0.6 is 0 Å². The Morgan fingerprint density at radius 1 is 1.15 bits per heavy atom. The van der Waals surface area contributed by atoms with E-state index in [4.69, 9.17) is 4.74 Å². The number of halogens is 1. The molecule has 33 heavy (non-hydrogen) atoms. The Hall–Kier alpha value is -4.07. The van der Waals surface area contributed by atoms with E-state index < -0.39 is 11.8 Å². The summed E-state index contributed by atoms with van der Waals surface area (Å²) in [5, 5.41) is 0. The van der Waals surface area contributed by atoms with E-state index in [9.17, 15) is 14.0 Å². The number of fused-ring (bicyclic) bond motifs is 1. The van der Waals surface area contributed by atoms with Crippen molar-refractivity contribution >= 4 is 29.7 Å². The number of anilines is 1. The van der Waals surface area contributed by atoms with Crippen LogP contribution in [-0.2, 0) is 4.74 Å². The highest BCUT2D eigenvalue weighted by molar-refractivity contribution is 6.05. The molecule has 1 unspecified atom stereocenters. The number of cyclic esters (lactones) is 1. The molecule has 0 spiro atoms. The monoisotopic (exact) mass is 444 g/mol. The summed E-state index contributed by atoms with van der Waals surface area (Å²) < 4.78 is 20.0. The van der Waals surface area contributed by atoms with Gasteiger partial charge in [0.15, 0.2) is 0 Å². The fraction of sp³-hybridized carbons (Fsp3) is 0.200. The molecule has 1 fully saturated rings. The summed E-state index contributed by atoms with van der Waals surface area (Å²) in [6.07, 6.45) is 5.73. The molecule has 1 amide bonds. The summed E-state index contributed by atoms with van der Waals surface area (Å²) in [6.45, 7) is 0.958. The molecular weight excluding hydrogens is 423 g/mol. The standard InChI is InChI=1S/C25H21FN4O3/c1-29(25-27-10-4-11-28-25)17-9-12-30(15-17)23(31)20-13-16(7-8-21(20)26)14-22-18-5-2-3-6-19(18)24(32)33-22/h2-8,10-11,13-14,17H,9,12,15H2,1H3. The molecule has 0 bridgehead atoms. The van der Waals surface area contributed by atoms with Crippen LogP contribution < -0.4 is 4.90 Å². The molecular formula is C25H21FN4O3. The zero-order chi connectivity index (χ0) is 22.9. The van der Waals surface area contributed by atoms with Gasteiger partial charge in [-0.2, -0.15) is 0 Å². The van der Waals surface area contributed by atoms with E-state index in [2.05, 4.69) is 9.97 Å². The Labute approximate surface area is 190 Å². The van der Waals surface area contributed by atoms with Crippen LogP contribution in [0.2, 0.25) is 0 Å². The molecule has 0 saturated carbocycles. The van der Waals surface area contributed by atoms with Crippen molar-refractivity contribution in [2.24, 2.45) is 0 Å². The quantitative estimate of drug-likeness (QED) is 0.572. The van der Waals surface area contributed by atoms with E-state index in [0.717, 1.165) is 6.42 Å². The average Bonchev–Trinajstić information content (AvgIpc) is 3.46. The number of benzene rings is 2. The number of likely N-dealkylation sites (tertiary alicyclic amines) is 1. The van der Waals surface area contributed by atoms with Gasteiger partial charge >= 0.3 is 5.97 Å². The maximum Gasteiger partial charge on any atom is 0.344 e. The molecule has 0 N–H and O–H groups in total. The zero-order valence-corrected chi connectivity index (χ0v) is 17.9. The molecule has 2 aliphatic rings. The lowest BCUT2D eigenvalue weighted by Crippen LogP contribution is -2.37. The van der Waals surface area contributed by atoms with Crippen LogP contribution in [0.4, 0.5) is 10.3 Å². The SMILES string of the molecule is CN(c1ncccn1)C1CCN(C(=O)c2cc(C=C3OC(=O)c4ccccc43)ccc2F)C1. The predicted octanol–water partition coefficient (Wildman–Crippen LogP) is 3.64. The zero-order valence-electron chi connectivity index (χ0n) is 17.9. The number of aromatic nitrogens is 2. The molecule has 8 heteroatoms. The Balaban J connectivity index is 1.36. The Bertz CT molecular complexity index is 1260. The van der Waals surface area contributed by atoms with Crippen molar-refractivity contribution in [2.45, 2.75) is 12.5 Å². The molecule has 1 saturated heterocycles. The normalized spacial score (nSPS) is 18.4. The summed E-state index contributed by atoms with van der Waals surface area (Å²) in [5.74, 6) is -0.421. The number of hydrogen-bond acceptors (Lipinski definition) is 6. The van der Waals surface area contributed by atoms with Crippen LogP contribution in [0.5, 0.6) is 0 Å². The lowest BCUT2D eigenvalue weighted by atomic mass is 10.0. The van der Waals surface area contributed by atoms with Crippen molar-refractivity contribution in [3.63, 3.8) is 0 Å². The van der Waals surface area contributed by atoms with Crippen LogP contribution in [0.25, 0.3) is 11.8 Å². The molecule has 1 atom stereocenters. The van der Waals surface area contributed by atoms with Crippen LogP contribution in [-0.4, -0.2) is 52.9 Å². The van der Waals surface area contributed by atoms with E-state index in [1.807, 2.05) is 18.0 Å². The van der Waals surface area contributed by atoms with Gasteiger partial charge in [0.2, 0.25) is 5.95 Å². The van der Waals surface area contributed by atoms with Gasteiger partial charge in [-0.15, -0.1) is 0 Å². The first kappa shape index (κ1) is 20.8. The van der Waals surface area contributed by atoms with Gasteiger partial charge in [-0.1, -0.05) is 24.3 Å². The minimum Gasteiger partial charge on any atom is -0.422 e. The van der Waals surface area contributed by atoms with Crippen LogP contribution in [0.1, 0.15) is 38.3 Å². The van der Waals surface area contributed by atoms with E-state index in [1.165, 1.54) is 12.1 Å². The second-order valence-corrected chi connectivity index (χ2v) is 8.04. The van der Waals surface area contributed by atoms with E-state index in [0.29, 0.717) is 41.5 Å². The fourth-order valence-electron chi connectivity index (χ4n) is 4.19. The molecule has 1 aromatic heterocycles. The number of esters is 1. The molecule has 7 nitrogen and oxygen atoms in total. The molecule has 0 aliphatic carbocycles. The van der Waals surface area contributed by atoms with Crippen LogP contribution in [0, 0.1) is 5.82 Å². The first-order valence-corrected chi connectivity index (χ1v) is 10.6. The third-order valence-corrected chi connectivity index (χ3v) is 6.00. The van der Waals surface area contributed by atoms with Gasteiger partial charge in [-0.3, -0.25) is 4.79 Å². The van der Waals surface area contributed by atoms with Crippen molar-refractivity contribution in [1.82, 2.24) is 14.9 Å². The van der Waals surface area contributed by atoms with Crippen molar-refractivity contribution in [2.75, 3.05) is 25.0 Å². The smallest absolute Gasteiger partial charge is 0.344 e. The second kappa shape index (κ2) is 8.46. The van der Waals surface area contributed by atoms with Crippen molar-refractivity contribution in [3.05, 3.63) is 89.0 Å². The largest absolute Gasteiger partial charge is 0.422 e. The minimum absolute atomic E-state index is 0.0128. The number of carbonyl (C=O) groups excluding carboxylic acids is 2. The number of rotatable bonds is 4. The number of carbonyl (C=O) groups is 2. The highest BCUT2D eigenvalue weighted by Crippen LogP contribution is 2.31. The van der Waals surface area contributed by atoms with Crippen molar-refractivity contribution in [1.29, 1.82) is 0 Å². The van der Waals surface area contributed by atoms with E-state index >= 15 is 0 Å². The molecule has 0 radical (unpaired) electrons. The molecule has 2 aliphatic heterocycles. The third kappa shape index (κ3) is 3.95. The number of ether oxygens (including phenoxy) is 1. The maximum absolute atomic E-state index is 14.6. The average molecular weight is 444 g/mol. The summed E-state index contributed by atoms with van der Waals surface area (Å²) in [7, 11) is 1.89. The maximum atomic E-state index is 14.6. The Morgan fingerprint density at radius 2 is 1.91 bits per heavy atom. The van der Waals surface area contributed by atoms with Gasteiger partial charge in [-0.05, 0) is 42.3 Å². The molecule has 5 rings (SSSR count). The molecule has 3 aromatic rings. The van der Waals surface area contributed by atoms with Gasteiger partial charge in [0, 0.05) is 38.1 Å². The van der Waals surface area contributed by atoms with Crippen LogP contribution in [0.3, 0.4) is 0 Å². The Morgan fingerprint density at radius 3 is 2.70 bits per heavy atom. The summed E-state index contributed by atoms with van der Waals surface area (Å²) >= 11 is 0. The first-order chi connectivity index (χ1) is 16.0. The Kier molecular flexibility index (Phi) is 5.34. The number of hydrogen-bond donors (Lipinski definition) is 0. The summed E-state index contributed by atoms with van der Waals surface area (Å²) in [5.41, 5.74) is 1.72. The molecule has 2 aromatic carbocycles. The third-order valence-electron chi connectivity index (χ3n) is 6.00. The van der Waals surface area contributed by atoms with Crippen LogP contribution in [0.15, 0.2) is 60.9 Å². The highest BCUT2D eigenvalue weighted by atomic mass is 19.1. The first-order valence-electron chi connectivity index (χ1n) is 10.6. The lowest BCUT2D eigenvalue weighted by Gasteiger charge is -2.24. The van der Waals surface area contributed by atoms with Gasteiger partial charge in [0.25, 0.3) is 5.91 Å². The number of amides is 1. The van der Waals surface area contributed by atoms with Gasteiger partial charge in [0.1, 0.15) is 11.6 Å². The van der Waals surface area contributed by atoms with Gasteiger partial charge in [0.05, 0.1) is 17.2 Å².